The Balaban J connectivity index is 1.28. The van der Waals surface area contributed by atoms with E-state index in [2.05, 4.69) is 52.9 Å². The fourth-order valence-electron chi connectivity index (χ4n) is 7.01. The van der Waals surface area contributed by atoms with Crippen molar-refractivity contribution in [1.82, 2.24) is 10.9 Å². The van der Waals surface area contributed by atoms with Gasteiger partial charge >= 0.3 is 0 Å². The number of hydrogen-bond acceptors (Lipinski definition) is 8. The first-order chi connectivity index (χ1) is 19.1. The number of carbonyl (C=O) groups excluding carboxylic acids is 2. The smallest absolute Gasteiger partial charge is 0.246 e. The molecule has 0 heterocycles. The van der Waals surface area contributed by atoms with E-state index in [9.17, 15) is 19.8 Å². The molecule has 4 N–H and O–H groups in total. The minimum absolute atomic E-state index is 0.0131. The molecular weight excluding hydrogens is 648 g/mol. The Hall–Kier alpha value is -3.12. The van der Waals surface area contributed by atoms with Crippen molar-refractivity contribution in [2.45, 2.75) is 38.5 Å². The molecule has 0 radical (unpaired) electrons. The molecule has 2 aromatic carbocycles. The molecule has 2 amide bonds. The Kier molecular flexibility index (Phi) is 7.84. The van der Waals surface area contributed by atoms with Crippen LogP contribution in [0, 0.1) is 22.7 Å². The molecule has 4 fully saturated rings. The van der Waals surface area contributed by atoms with Crippen LogP contribution in [0.2, 0.25) is 0 Å². The van der Waals surface area contributed by atoms with Crippen molar-refractivity contribution in [3.63, 3.8) is 0 Å². The summed E-state index contributed by atoms with van der Waals surface area (Å²) in [6.45, 7) is 0. The number of amides is 2. The zero-order valence-electron chi connectivity index (χ0n) is 22.0. The van der Waals surface area contributed by atoms with Crippen molar-refractivity contribution in [1.29, 1.82) is 0 Å². The molecule has 4 bridgehead atoms. The lowest BCUT2D eigenvalue weighted by Gasteiger charge is -2.60. The summed E-state index contributed by atoms with van der Waals surface area (Å²) in [6.07, 6.45) is 7.43. The van der Waals surface area contributed by atoms with E-state index in [0.717, 1.165) is 32.1 Å². The number of carbonyl (C=O) groups is 2. The van der Waals surface area contributed by atoms with Gasteiger partial charge in [0.1, 0.15) is 0 Å². The first-order valence-electron chi connectivity index (χ1n) is 12.9. The normalized spacial score (nSPS) is 26.8. The standard InChI is InChI=1S/C28H30Br2N4O6/c1-39-21-6-15(4-19(29)23(21)35)12-31-33-25(37)27-8-17-3-18(9-27)11-28(10-17,14-27)26(38)34-32-13-16-5-20(30)24(36)22(7-16)40-2/h4-7,12-13,17-18,35-36H,3,8-11,14H2,1-2H3,(H,33,37)(H,34,38)/b31-12+,32-13+. The van der Waals surface area contributed by atoms with Crippen molar-refractivity contribution in [3.8, 4) is 23.0 Å². The van der Waals surface area contributed by atoms with Gasteiger partial charge < -0.3 is 19.7 Å². The maximum atomic E-state index is 13.5. The van der Waals surface area contributed by atoms with Gasteiger partial charge in [-0.3, -0.25) is 9.59 Å². The molecule has 6 rings (SSSR count). The Morgan fingerprint density at radius 2 is 1.23 bits per heavy atom. The van der Waals surface area contributed by atoms with Gasteiger partial charge in [0, 0.05) is 0 Å². The molecule has 0 aliphatic heterocycles. The topological polar surface area (TPSA) is 142 Å². The quantitative estimate of drug-likeness (QED) is 0.233. The fourth-order valence-corrected chi connectivity index (χ4v) is 7.93. The van der Waals surface area contributed by atoms with Crippen LogP contribution in [0.1, 0.15) is 49.7 Å². The summed E-state index contributed by atoms with van der Waals surface area (Å²) in [6, 6.07) is 6.58. The highest BCUT2D eigenvalue weighted by molar-refractivity contribution is 9.11. The van der Waals surface area contributed by atoms with Gasteiger partial charge in [-0.05, 0) is 118 Å². The van der Waals surface area contributed by atoms with Crippen LogP contribution in [0.4, 0.5) is 0 Å². The van der Waals surface area contributed by atoms with Crippen LogP contribution in [-0.4, -0.2) is 48.7 Å². The molecule has 12 heteroatoms. The van der Waals surface area contributed by atoms with Crippen molar-refractivity contribution in [3.05, 3.63) is 44.3 Å². The molecule has 212 valence electrons. The van der Waals surface area contributed by atoms with Crippen molar-refractivity contribution in [2.75, 3.05) is 14.2 Å². The fraction of sp³-hybridized carbons (Fsp3) is 0.429. The number of phenolic OH excluding ortho intramolecular Hbond substituents is 2. The number of hydrogen-bond donors (Lipinski definition) is 4. The first-order valence-corrected chi connectivity index (χ1v) is 14.5. The van der Waals surface area contributed by atoms with Gasteiger partial charge in [-0.15, -0.1) is 0 Å². The second-order valence-electron chi connectivity index (χ2n) is 11.0. The van der Waals surface area contributed by atoms with Gasteiger partial charge in [-0.1, -0.05) is 0 Å². The van der Waals surface area contributed by atoms with Crippen molar-refractivity contribution >= 4 is 56.1 Å². The third-order valence-electron chi connectivity index (χ3n) is 8.33. The molecule has 0 aromatic heterocycles. The van der Waals surface area contributed by atoms with E-state index in [1.807, 2.05) is 0 Å². The summed E-state index contributed by atoms with van der Waals surface area (Å²) in [7, 11) is 2.91. The average Bonchev–Trinajstić information content (AvgIpc) is 2.91. The van der Waals surface area contributed by atoms with Crippen LogP contribution in [0.3, 0.4) is 0 Å². The number of hydrazone groups is 2. The molecule has 0 saturated heterocycles. The molecule has 4 aliphatic rings. The Morgan fingerprint density at radius 1 is 0.825 bits per heavy atom. The zero-order chi connectivity index (χ0) is 28.7. The minimum atomic E-state index is -0.662. The Labute approximate surface area is 248 Å². The summed E-state index contributed by atoms with van der Waals surface area (Å²) in [5, 5.41) is 28.4. The summed E-state index contributed by atoms with van der Waals surface area (Å²) in [5.74, 6) is 0.781. The second-order valence-corrected chi connectivity index (χ2v) is 12.7. The van der Waals surface area contributed by atoms with Crippen LogP contribution in [-0.2, 0) is 9.59 Å². The van der Waals surface area contributed by atoms with E-state index < -0.39 is 10.8 Å². The van der Waals surface area contributed by atoms with Crippen LogP contribution < -0.4 is 20.3 Å². The number of halogens is 2. The molecule has 0 spiro atoms. The third kappa shape index (κ3) is 5.30. The zero-order valence-corrected chi connectivity index (χ0v) is 25.2. The van der Waals surface area contributed by atoms with E-state index >= 15 is 0 Å². The van der Waals surface area contributed by atoms with Gasteiger partial charge in [-0.25, -0.2) is 10.9 Å². The van der Waals surface area contributed by atoms with E-state index in [0.29, 0.717) is 38.3 Å². The molecule has 2 aromatic rings. The summed E-state index contributed by atoms with van der Waals surface area (Å²) >= 11 is 6.57. The number of nitrogens with zero attached hydrogens (tertiary/aromatic N) is 2. The number of ether oxygens (including phenoxy) is 2. The number of benzene rings is 2. The second kappa shape index (κ2) is 11.0. The van der Waals surface area contributed by atoms with Crippen LogP contribution >= 0.6 is 31.9 Å². The van der Waals surface area contributed by atoms with Gasteiger partial charge in [0.05, 0.1) is 46.4 Å². The molecule has 4 saturated carbocycles. The third-order valence-corrected chi connectivity index (χ3v) is 9.53. The highest BCUT2D eigenvalue weighted by Crippen LogP contribution is 2.65. The lowest BCUT2D eigenvalue weighted by Crippen LogP contribution is -2.60. The van der Waals surface area contributed by atoms with Gasteiger partial charge in [-0.2, -0.15) is 10.2 Å². The average molecular weight is 678 g/mol. The molecule has 10 nitrogen and oxygen atoms in total. The summed E-state index contributed by atoms with van der Waals surface area (Å²) < 4.78 is 11.2. The van der Waals surface area contributed by atoms with Crippen LogP contribution in [0.5, 0.6) is 23.0 Å². The van der Waals surface area contributed by atoms with Crippen molar-refractivity contribution in [2.24, 2.45) is 32.9 Å². The lowest BCUT2D eigenvalue weighted by atomic mass is 9.43. The molecular formula is C28H30Br2N4O6. The maximum Gasteiger partial charge on any atom is 0.246 e. The van der Waals surface area contributed by atoms with Crippen LogP contribution in [0.25, 0.3) is 0 Å². The largest absolute Gasteiger partial charge is 0.503 e. The van der Waals surface area contributed by atoms with Gasteiger partial charge in [0.2, 0.25) is 11.8 Å². The molecule has 0 unspecified atom stereocenters. The predicted octanol–water partition coefficient (Wildman–Crippen LogP) is 4.83. The predicted molar refractivity (Wildman–Crippen MR) is 156 cm³/mol. The molecule has 40 heavy (non-hydrogen) atoms. The Morgan fingerprint density at radius 3 is 1.60 bits per heavy atom. The molecule has 0 atom stereocenters. The first kappa shape index (κ1) is 28.4. The maximum absolute atomic E-state index is 13.5. The van der Waals surface area contributed by atoms with Crippen LogP contribution in [0.15, 0.2) is 43.4 Å². The lowest BCUT2D eigenvalue weighted by molar-refractivity contribution is -0.167. The van der Waals surface area contributed by atoms with E-state index in [1.54, 1.807) is 24.3 Å². The van der Waals surface area contributed by atoms with E-state index in [-0.39, 0.29) is 34.8 Å². The highest BCUT2D eigenvalue weighted by atomic mass is 79.9. The Bertz CT molecular complexity index is 1300. The van der Waals surface area contributed by atoms with Gasteiger partial charge in [0.15, 0.2) is 23.0 Å². The number of aromatic hydroxyl groups is 2. The minimum Gasteiger partial charge on any atom is -0.503 e. The number of methoxy groups -OCH3 is 2. The molecule has 4 aliphatic carbocycles. The van der Waals surface area contributed by atoms with Gasteiger partial charge in [0.25, 0.3) is 0 Å². The SMILES string of the molecule is COc1cc(/C=N/NC(=O)C23CC4CC(C2)CC(C(=O)N/N=C/c2cc(Br)c(O)c(OC)c2)(C4)C3)cc(Br)c1O. The summed E-state index contributed by atoms with van der Waals surface area (Å²) in [4.78, 5) is 27.0. The number of phenols is 2. The number of rotatable bonds is 8. The van der Waals surface area contributed by atoms with Crippen molar-refractivity contribution < 1.29 is 29.3 Å². The van der Waals surface area contributed by atoms with E-state index in [1.165, 1.54) is 26.6 Å². The summed E-state index contributed by atoms with van der Waals surface area (Å²) in [5.41, 5.74) is 5.38. The van der Waals surface area contributed by atoms with E-state index in [4.69, 9.17) is 9.47 Å². The monoisotopic (exact) mass is 676 g/mol. The number of nitrogens with one attached hydrogen (secondary N) is 2. The highest BCUT2D eigenvalue weighted by Gasteiger charge is 2.63.